The van der Waals surface area contributed by atoms with Crippen LogP contribution in [0.25, 0.3) is 0 Å². The van der Waals surface area contributed by atoms with E-state index in [4.69, 9.17) is 0 Å². The fraction of sp³-hybridized carbons (Fsp3) is 0.188. The van der Waals surface area contributed by atoms with Crippen molar-refractivity contribution < 1.29 is 22.8 Å². The number of aromatic amines is 1. The van der Waals surface area contributed by atoms with Gasteiger partial charge in [0.1, 0.15) is 13.1 Å². The Morgan fingerprint density at radius 1 is 1.08 bits per heavy atom. The van der Waals surface area contributed by atoms with E-state index in [1.807, 2.05) is 0 Å². The molecule has 1 aliphatic heterocycles. The molecule has 0 atom stereocenters. The minimum absolute atomic E-state index is 0.0289. The maximum atomic E-state index is 12.8. The Labute approximate surface area is 140 Å². The Kier molecular flexibility index (Phi) is 4.30. The zero-order chi connectivity index (χ0) is 18.0. The van der Waals surface area contributed by atoms with Crippen molar-refractivity contribution in [3.05, 3.63) is 53.9 Å². The van der Waals surface area contributed by atoms with Crippen LogP contribution < -0.4 is 4.90 Å². The van der Waals surface area contributed by atoms with Crippen LogP contribution >= 0.6 is 0 Å². The summed E-state index contributed by atoms with van der Waals surface area (Å²) in [5.41, 5.74) is -0.195. The molecule has 2 aromatic rings. The number of halogens is 3. The van der Waals surface area contributed by atoms with Gasteiger partial charge in [0.05, 0.1) is 17.5 Å². The van der Waals surface area contributed by atoms with Crippen molar-refractivity contribution in [2.45, 2.75) is 6.18 Å². The van der Waals surface area contributed by atoms with Crippen molar-refractivity contribution >= 4 is 23.7 Å². The van der Waals surface area contributed by atoms with E-state index >= 15 is 0 Å². The van der Waals surface area contributed by atoms with E-state index < -0.39 is 23.6 Å². The van der Waals surface area contributed by atoms with Crippen LogP contribution in [0.4, 0.5) is 18.9 Å². The number of rotatable bonds is 3. The topological polar surface area (TPSA) is 68.8 Å². The predicted molar refractivity (Wildman–Crippen MR) is 83.9 cm³/mol. The Bertz CT molecular complexity index is 815. The molecule has 9 heteroatoms. The number of hydrazone groups is 1. The fourth-order valence-corrected chi connectivity index (χ4v) is 2.35. The molecule has 1 aliphatic rings. The molecule has 2 amide bonds. The number of hydrogen-bond acceptors (Lipinski definition) is 3. The van der Waals surface area contributed by atoms with Gasteiger partial charge in [0.15, 0.2) is 0 Å². The first kappa shape index (κ1) is 16.7. The van der Waals surface area contributed by atoms with Gasteiger partial charge in [-0.1, -0.05) is 6.07 Å². The van der Waals surface area contributed by atoms with Gasteiger partial charge in [-0.05, 0) is 30.3 Å². The van der Waals surface area contributed by atoms with E-state index in [1.54, 1.807) is 18.3 Å². The van der Waals surface area contributed by atoms with Crippen LogP contribution in [0.1, 0.15) is 11.3 Å². The Hall–Kier alpha value is -3.10. The molecular formula is C16H13F3N4O2. The van der Waals surface area contributed by atoms with Gasteiger partial charge in [-0.25, -0.2) is 5.01 Å². The highest BCUT2D eigenvalue weighted by atomic mass is 19.4. The lowest BCUT2D eigenvalue weighted by Gasteiger charge is -2.31. The molecule has 1 aromatic heterocycles. The lowest BCUT2D eigenvalue weighted by atomic mass is 10.1. The highest BCUT2D eigenvalue weighted by molar-refractivity contribution is 6.04. The number of anilines is 1. The van der Waals surface area contributed by atoms with Crippen molar-refractivity contribution in [3.63, 3.8) is 0 Å². The summed E-state index contributed by atoms with van der Waals surface area (Å²) in [6, 6.07) is 7.80. The standard InChI is InChI=1S/C16H13F3N4O2/c17-16(18,19)11-3-1-5-13(7-11)22-9-15(25)23(10-14(22)24)21-8-12-4-2-6-20-12/h1-8,20H,9-10H2/b21-8+. The van der Waals surface area contributed by atoms with Gasteiger partial charge in [-0.3, -0.25) is 9.59 Å². The highest BCUT2D eigenvalue weighted by Gasteiger charge is 2.34. The van der Waals surface area contributed by atoms with E-state index in [1.165, 1.54) is 18.3 Å². The quantitative estimate of drug-likeness (QED) is 0.863. The number of nitrogens with one attached hydrogen (secondary N) is 1. The molecular weight excluding hydrogens is 337 g/mol. The van der Waals surface area contributed by atoms with E-state index in [2.05, 4.69) is 10.1 Å². The maximum absolute atomic E-state index is 12.8. The number of nitrogens with zero attached hydrogens (tertiary/aromatic N) is 3. The van der Waals surface area contributed by atoms with Crippen molar-refractivity contribution in [3.8, 4) is 0 Å². The summed E-state index contributed by atoms with van der Waals surface area (Å²) in [7, 11) is 0. The number of alkyl halides is 3. The third-order valence-electron chi connectivity index (χ3n) is 3.61. The second-order valence-electron chi connectivity index (χ2n) is 5.35. The molecule has 0 bridgehead atoms. The van der Waals surface area contributed by atoms with Crippen LogP contribution in [0.15, 0.2) is 47.7 Å². The van der Waals surface area contributed by atoms with Crippen LogP contribution in [0.5, 0.6) is 0 Å². The number of piperazine rings is 1. The lowest BCUT2D eigenvalue weighted by molar-refractivity contribution is -0.138. The van der Waals surface area contributed by atoms with E-state index in [0.29, 0.717) is 5.69 Å². The smallest absolute Gasteiger partial charge is 0.360 e. The Morgan fingerprint density at radius 2 is 1.88 bits per heavy atom. The number of H-pyrrole nitrogens is 1. The zero-order valence-electron chi connectivity index (χ0n) is 12.8. The second-order valence-corrected chi connectivity index (χ2v) is 5.35. The molecule has 25 heavy (non-hydrogen) atoms. The SMILES string of the molecule is O=C1CN(c2cccc(C(F)(F)F)c2)C(=O)CN1/N=C/c1ccc[nH]1. The first-order valence-corrected chi connectivity index (χ1v) is 7.30. The minimum atomic E-state index is -4.52. The maximum Gasteiger partial charge on any atom is 0.416 e. The van der Waals surface area contributed by atoms with Gasteiger partial charge < -0.3 is 9.88 Å². The molecule has 2 heterocycles. The summed E-state index contributed by atoms with van der Waals surface area (Å²) in [6.45, 7) is -0.714. The van der Waals surface area contributed by atoms with E-state index in [9.17, 15) is 22.8 Å². The molecule has 1 aromatic carbocycles. The molecule has 1 N–H and O–H groups in total. The predicted octanol–water partition coefficient (Wildman–Crippen LogP) is 2.24. The summed E-state index contributed by atoms with van der Waals surface area (Å²) in [5.74, 6) is -0.998. The van der Waals surface area contributed by atoms with E-state index in [0.717, 1.165) is 22.0 Å². The third-order valence-corrected chi connectivity index (χ3v) is 3.61. The number of hydrogen-bond donors (Lipinski definition) is 1. The summed E-state index contributed by atoms with van der Waals surface area (Å²) in [5, 5.41) is 4.94. The zero-order valence-corrected chi connectivity index (χ0v) is 12.8. The van der Waals surface area contributed by atoms with Crippen LogP contribution in [0.2, 0.25) is 0 Å². The van der Waals surface area contributed by atoms with Gasteiger partial charge in [-0.15, -0.1) is 0 Å². The van der Waals surface area contributed by atoms with Crippen molar-refractivity contribution in [1.29, 1.82) is 0 Å². The number of carbonyl (C=O) groups is 2. The molecule has 1 fully saturated rings. The van der Waals surface area contributed by atoms with Gasteiger partial charge >= 0.3 is 6.18 Å². The van der Waals surface area contributed by atoms with Gasteiger partial charge in [-0.2, -0.15) is 18.3 Å². The van der Waals surface area contributed by atoms with Gasteiger partial charge in [0.2, 0.25) is 5.91 Å². The van der Waals surface area contributed by atoms with Crippen LogP contribution in [-0.2, 0) is 15.8 Å². The normalized spacial score (nSPS) is 16.1. The highest BCUT2D eigenvalue weighted by Crippen LogP contribution is 2.32. The summed E-state index contributed by atoms with van der Waals surface area (Å²) in [4.78, 5) is 28.3. The average Bonchev–Trinajstić information content (AvgIpc) is 3.08. The number of aromatic nitrogens is 1. The first-order chi connectivity index (χ1) is 11.8. The molecule has 1 saturated heterocycles. The molecule has 6 nitrogen and oxygen atoms in total. The second kappa shape index (κ2) is 6.42. The van der Waals surface area contributed by atoms with Crippen molar-refractivity contribution in [2.75, 3.05) is 18.0 Å². The molecule has 0 aliphatic carbocycles. The molecule has 130 valence electrons. The molecule has 0 saturated carbocycles. The average molecular weight is 350 g/mol. The third kappa shape index (κ3) is 3.70. The number of benzene rings is 1. The van der Waals surface area contributed by atoms with Crippen molar-refractivity contribution in [1.82, 2.24) is 9.99 Å². The summed E-state index contributed by atoms with van der Waals surface area (Å²) < 4.78 is 38.4. The Balaban J connectivity index is 1.77. The van der Waals surface area contributed by atoms with Crippen molar-refractivity contribution in [2.24, 2.45) is 5.10 Å². The largest absolute Gasteiger partial charge is 0.416 e. The number of carbonyl (C=O) groups excluding carboxylic acids is 2. The molecule has 0 radical (unpaired) electrons. The molecule has 0 unspecified atom stereocenters. The van der Waals surface area contributed by atoms with Crippen LogP contribution in [0.3, 0.4) is 0 Å². The fourth-order valence-electron chi connectivity index (χ4n) is 2.35. The summed E-state index contributed by atoms with van der Waals surface area (Å²) in [6.07, 6.45) is -1.45. The van der Waals surface area contributed by atoms with Gasteiger partial charge in [0, 0.05) is 11.9 Å². The lowest BCUT2D eigenvalue weighted by Crippen LogP contribution is -2.52. The van der Waals surface area contributed by atoms with Crippen LogP contribution in [0, 0.1) is 0 Å². The molecule has 3 rings (SSSR count). The van der Waals surface area contributed by atoms with Crippen LogP contribution in [-0.4, -0.2) is 41.1 Å². The monoisotopic (exact) mass is 350 g/mol. The Morgan fingerprint density at radius 3 is 2.56 bits per heavy atom. The molecule has 0 spiro atoms. The number of amides is 2. The minimum Gasteiger partial charge on any atom is -0.360 e. The van der Waals surface area contributed by atoms with E-state index in [-0.39, 0.29) is 18.8 Å². The van der Waals surface area contributed by atoms with Gasteiger partial charge in [0.25, 0.3) is 5.91 Å². The summed E-state index contributed by atoms with van der Waals surface area (Å²) >= 11 is 0. The first-order valence-electron chi connectivity index (χ1n) is 7.30.